The molecule has 0 spiro atoms. The van der Waals surface area contributed by atoms with Crippen LogP contribution in [0.5, 0.6) is 0 Å². The lowest BCUT2D eigenvalue weighted by Gasteiger charge is -2.41. The maximum absolute atomic E-state index is 6.16. The third-order valence-corrected chi connectivity index (χ3v) is 7.93. The molecule has 0 aromatic heterocycles. The lowest BCUT2D eigenvalue weighted by Crippen LogP contribution is -2.53. The normalized spacial score (nSPS) is 37.2. The zero-order chi connectivity index (χ0) is 22.0. The number of hydrogen-bond acceptors (Lipinski definition) is 5. The van der Waals surface area contributed by atoms with Crippen LogP contribution in [0.2, 0.25) is 0 Å². The Morgan fingerprint density at radius 1 is 1.12 bits per heavy atom. The second kappa shape index (κ2) is 9.47. The van der Waals surface area contributed by atoms with Crippen LogP contribution in [0.4, 0.5) is 0 Å². The zero-order valence-corrected chi connectivity index (χ0v) is 19.3. The van der Waals surface area contributed by atoms with Crippen LogP contribution in [0, 0.1) is 11.8 Å². The fraction of sp³-hybridized carbons (Fsp3) is 0.536. The van der Waals surface area contributed by atoms with Crippen molar-refractivity contribution in [3.05, 3.63) is 71.2 Å². The van der Waals surface area contributed by atoms with Crippen LogP contribution in [0.15, 0.2) is 76.2 Å². The van der Waals surface area contributed by atoms with Crippen molar-refractivity contribution in [2.75, 3.05) is 19.8 Å². The van der Waals surface area contributed by atoms with E-state index in [2.05, 4.69) is 59.2 Å². The summed E-state index contributed by atoms with van der Waals surface area (Å²) in [6.07, 6.45) is 27.2. The van der Waals surface area contributed by atoms with Gasteiger partial charge in [-0.25, -0.2) is 0 Å². The van der Waals surface area contributed by atoms with Gasteiger partial charge in [0.2, 0.25) is 0 Å². The third kappa shape index (κ3) is 4.95. The Balaban J connectivity index is 1.06. The summed E-state index contributed by atoms with van der Waals surface area (Å²) in [6, 6.07) is 1.08. The maximum Gasteiger partial charge on any atom is 0.115 e. The molecule has 5 heteroatoms. The summed E-state index contributed by atoms with van der Waals surface area (Å²) in [6.45, 7) is 2.67. The molecule has 0 amide bonds. The van der Waals surface area contributed by atoms with Gasteiger partial charge >= 0.3 is 0 Å². The number of aliphatic imine (C=N–C) groups is 1. The molecule has 6 aliphatic rings. The first-order valence-corrected chi connectivity index (χ1v) is 12.7. The van der Waals surface area contributed by atoms with Gasteiger partial charge in [0.15, 0.2) is 0 Å². The fourth-order valence-electron chi connectivity index (χ4n) is 5.90. The van der Waals surface area contributed by atoms with Gasteiger partial charge in [-0.3, -0.25) is 4.99 Å². The maximum atomic E-state index is 6.16. The van der Waals surface area contributed by atoms with Crippen molar-refractivity contribution in [2.24, 2.45) is 16.8 Å². The van der Waals surface area contributed by atoms with Gasteiger partial charge in [-0.15, -0.1) is 0 Å². The van der Waals surface area contributed by atoms with E-state index in [1.165, 1.54) is 29.7 Å². The Hall–Kier alpha value is -2.37. The third-order valence-electron chi connectivity index (χ3n) is 7.93. The monoisotopic (exact) mass is 445 g/mol. The zero-order valence-electron chi connectivity index (χ0n) is 19.3. The molecule has 0 aromatic rings. The summed E-state index contributed by atoms with van der Waals surface area (Å²) >= 11 is 0. The molecule has 6 unspecified atom stereocenters. The van der Waals surface area contributed by atoms with Crippen molar-refractivity contribution >= 4 is 6.21 Å². The quantitative estimate of drug-likeness (QED) is 0.579. The van der Waals surface area contributed by atoms with E-state index in [-0.39, 0.29) is 6.04 Å². The van der Waals surface area contributed by atoms with Crippen LogP contribution in [-0.2, 0) is 9.47 Å². The minimum atomic E-state index is 0.268. The first-order valence-electron chi connectivity index (χ1n) is 12.7. The van der Waals surface area contributed by atoms with Crippen LogP contribution >= 0.6 is 0 Å². The van der Waals surface area contributed by atoms with E-state index in [9.17, 15) is 0 Å². The van der Waals surface area contributed by atoms with E-state index in [4.69, 9.17) is 14.5 Å². The second-order valence-electron chi connectivity index (χ2n) is 10.1. The molecule has 4 aliphatic heterocycles. The topological polar surface area (TPSA) is 58.2 Å². The molecule has 6 atom stereocenters. The van der Waals surface area contributed by atoms with Gasteiger partial charge in [0.05, 0.1) is 12.6 Å². The molecule has 0 aromatic carbocycles. The Morgan fingerprint density at radius 3 is 2.79 bits per heavy atom. The van der Waals surface area contributed by atoms with E-state index in [1.807, 2.05) is 6.21 Å². The summed E-state index contributed by atoms with van der Waals surface area (Å²) in [5, 5.41) is 7.51. The highest BCUT2D eigenvalue weighted by molar-refractivity contribution is 5.74. The number of rotatable bonds is 7. The summed E-state index contributed by atoms with van der Waals surface area (Å²) in [7, 11) is 0. The molecular weight excluding hydrogens is 410 g/mol. The predicted octanol–water partition coefficient (Wildman–Crippen LogP) is 4.13. The number of allylic oxidation sites excluding steroid dienone is 6. The number of ether oxygens (including phenoxy) is 2. The molecule has 174 valence electrons. The molecule has 2 fully saturated rings. The van der Waals surface area contributed by atoms with Crippen molar-refractivity contribution in [1.29, 1.82) is 0 Å². The van der Waals surface area contributed by atoms with Crippen molar-refractivity contribution in [2.45, 2.75) is 62.8 Å². The molecule has 0 radical (unpaired) electrons. The number of nitrogens with one attached hydrogen (secondary N) is 2. The Bertz CT molecular complexity index is 954. The summed E-state index contributed by atoms with van der Waals surface area (Å²) in [5.74, 6) is 2.24. The standard InChI is InChI=1S/C28H35N3O2/c1-3-24(29-13-1)26-15-22(16-27(31-26)25-4-2-14-30-25)20-9-11-23(12-10-20)32-17-19-5-7-21(8-6-19)28-18-33-28/h1,3-5,7,9,11-13,20,22,24,26-28,30-31H,2,6,8,10,14-18H2. The first-order chi connectivity index (χ1) is 16.3. The van der Waals surface area contributed by atoms with Gasteiger partial charge < -0.3 is 20.1 Å². The minimum absolute atomic E-state index is 0.268. The molecule has 2 aliphatic carbocycles. The molecule has 5 nitrogen and oxygen atoms in total. The smallest absolute Gasteiger partial charge is 0.115 e. The molecule has 0 bridgehead atoms. The Labute approximate surface area is 197 Å². The first kappa shape index (κ1) is 21.2. The summed E-state index contributed by atoms with van der Waals surface area (Å²) in [4.78, 5) is 4.69. The molecule has 4 heterocycles. The van der Waals surface area contributed by atoms with E-state index in [0.29, 0.717) is 36.6 Å². The lowest BCUT2D eigenvalue weighted by molar-refractivity contribution is 0.200. The van der Waals surface area contributed by atoms with Gasteiger partial charge in [0.25, 0.3) is 0 Å². The number of piperidine rings is 1. The Kier molecular flexibility index (Phi) is 6.08. The highest BCUT2D eigenvalue weighted by Gasteiger charge is 2.37. The molecular formula is C28H35N3O2. The van der Waals surface area contributed by atoms with Crippen molar-refractivity contribution in [1.82, 2.24) is 10.6 Å². The van der Waals surface area contributed by atoms with Crippen LogP contribution in [-0.4, -0.2) is 50.2 Å². The van der Waals surface area contributed by atoms with Crippen molar-refractivity contribution < 1.29 is 9.47 Å². The SMILES string of the molecule is C1=CC(C2CC(C3C=CC(OCC4=CC=C(C5CO5)CC4)=CC3)CC(C3=CCCN3)N2)N=C1. The van der Waals surface area contributed by atoms with Gasteiger partial charge in [-0.2, -0.15) is 0 Å². The average Bonchev–Trinajstić information content (AvgIpc) is 3.32. The summed E-state index contributed by atoms with van der Waals surface area (Å²) < 4.78 is 11.6. The fourth-order valence-corrected chi connectivity index (χ4v) is 5.90. The molecule has 2 saturated heterocycles. The van der Waals surface area contributed by atoms with Crippen molar-refractivity contribution in [3.63, 3.8) is 0 Å². The van der Waals surface area contributed by atoms with Crippen LogP contribution < -0.4 is 10.6 Å². The molecule has 0 saturated carbocycles. The number of nitrogens with zero attached hydrogens (tertiary/aromatic N) is 1. The van der Waals surface area contributed by atoms with Gasteiger partial charge in [0.1, 0.15) is 18.5 Å². The number of epoxide rings is 1. The highest BCUT2D eigenvalue weighted by atomic mass is 16.6. The number of hydrogen-bond donors (Lipinski definition) is 2. The molecule has 2 N–H and O–H groups in total. The van der Waals surface area contributed by atoms with Gasteiger partial charge in [-0.1, -0.05) is 30.4 Å². The van der Waals surface area contributed by atoms with Crippen LogP contribution in [0.1, 0.15) is 38.5 Å². The predicted molar refractivity (Wildman–Crippen MR) is 132 cm³/mol. The summed E-state index contributed by atoms with van der Waals surface area (Å²) in [5.41, 5.74) is 4.21. The molecule has 33 heavy (non-hydrogen) atoms. The van der Waals surface area contributed by atoms with Gasteiger partial charge in [-0.05, 0) is 79.7 Å². The van der Waals surface area contributed by atoms with E-state index in [0.717, 1.165) is 44.6 Å². The lowest BCUT2D eigenvalue weighted by atomic mass is 9.74. The highest BCUT2D eigenvalue weighted by Crippen LogP contribution is 2.37. The largest absolute Gasteiger partial charge is 0.490 e. The minimum Gasteiger partial charge on any atom is -0.490 e. The van der Waals surface area contributed by atoms with Crippen molar-refractivity contribution in [3.8, 4) is 0 Å². The Morgan fingerprint density at radius 2 is 2.09 bits per heavy atom. The van der Waals surface area contributed by atoms with E-state index < -0.39 is 0 Å². The van der Waals surface area contributed by atoms with Gasteiger partial charge in [0, 0.05) is 30.5 Å². The second-order valence-corrected chi connectivity index (χ2v) is 10.1. The van der Waals surface area contributed by atoms with Crippen LogP contribution in [0.3, 0.4) is 0 Å². The average molecular weight is 446 g/mol. The van der Waals surface area contributed by atoms with E-state index >= 15 is 0 Å². The van der Waals surface area contributed by atoms with E-state index in [1.54, 1.807) is 0 Å². The van der Waals surface area contributed by atoms with Crippen LogP contribution in [0.25, 0.3) is 0 Å². The molecule has 6 rings (SSSR count).